The van der Waals surface area contributed by atoms with Crippen molar-refractivity contribution in [3.05, 3.63) is 252 Å². The summed E-state index contributed by atoms with van der Waals surface area (Å²) in [4.78, 5) is 0. The first-order chi connectivity index (χ1) is 27.6. The van der Waals surface area contributed by atoms with Crippen LogP contribution in [0.3, 0.4) is 0 Å². The highest BCUT2D eigenvalue weighted by molar-refractivity contribution is 7.15. The Morgan fingerprint density at radius 3 is 0.732 bits per heavy atom. The first-order valence-electron chi connectivity index (χ1n) is 19.5. The summed E-state index contributed by atoms with van der Waals surface area (Å²) in [6.45, 7) is 4.49. The van der Waals surface area contributed by atoms with Crippen molar-refractivity contribution < 1.29 is 0 Å². The summed E-state index contributed by atoms with van der Waals surface area (Å²) in [5, 5.41) is 8.27. The van der Waals surface area contributed by atoms with E-state index in [1.807, 2.05) is 0 Å². The van der Waals surface area contributed by atoms with E-state index in [2.05, 4.69) is 256 Å². The van der Waals surface area contributed by atoms with Crippen LogP contribution < -0.4 is 31.1 Å². The average Bonchev–Trinajstić information content (AvgIpc) is 3.27. The van der Waals surface area contributed by atoms with Gasteiger partial charge in [0, 0.05) is 0 Å². The predicted molar refractivity (Wildman–Crippen MR) is 247 cm³/mol. The highest BCUT2D eigenvalue weighted by Crippen LogP contribution is 2.29. The lowest BCUT2D eigenvalue weighted by Crippen LogP contribution is -2.66. The summed E-state index contributed by atoms with van der Waals surface area (Å²) >= 11 is 0. The Balaban J connectivity index is 1.14. The van der Waals surface area contributed by atoms with Gasteiger partial charge in [-0.1, -0.05) is 242 Å². The standard InChI is InChI=1S/C54H46Si2/c1-43-41-45(37-39-55(47-21-9-3-10-22-47,48-23-11-4-12-24-48)49-25-13-5-14-26-49)33-35-53(43)54-36-34-46(42-44(54)2)38-40-56(50-27-15-6-16-28-50,51-29-17-7-18-30-51)52-31-19-8-20-32-52/h3-42H,1-2H3/b39-37+,40-38+. The molecule has 8 rings (SSSR count). The van der Waals surface area contributed by atoms with E-state index in [9.17, 15) is 0 Å². The van der Waals surface area contributed by atoms with Crippen LogP contribution in [-0.4, -0.2) is 16.1 Å². The molecule has 0 spiro atoms. The monoisotopic (exact) mass is 750 g/mol. The second-order valence-corrected chi connectivity index (χ2v) is 22.0. The topological polar surface area (TPSA) is 0 Å². The zero-order valence-corrected chi connectivity index (χ0v) is 34.1. The molecule has 270 valence electrons. The lowest BCUT2D eigenvalue weighted by Gasteiger charge is -2.30. The molecule has 0 aromatic heterocycles. The van der Waals surface area contributed by atoms with Gasteiger partial charge in [0.25, 0.3) is 0 Å². The van der Waals surface area contributed by atoms with Crippen LogP contribution in [0.2, 0.25) is 0 Å². The summed E-state index contributed by atoms with van der Waals surface area (Å²) < 4.78 is 0. The molecule has 0 aliphatic carbocycles. The van der Waals surface area contributed by atoms with Crippen LogP contribution in [0.1, 0.15) is 22.3 Å². The van der Waals surface area contributed by atoms with Crippen molar-refractivity contribution in [2.75, 3.05) is 0 Å². The zero-order chi connectivity index (χ0) is 38.2. The summed E-state index contributed by atoms with van der Waals surface area (Å²) in [7, 11) is -4.98. The van der Waals surface area contributed by atoms with Gasteiger partial charge in [0.1, 0.15) is 0 Å². The maximum absolute atomic E-state index is 2.53. The molecule has 0 amide bonds. The maximum Gasteiger partial charge on any atom is 0.172 e. The van der Waals surface area contributed by atoms with Gasteiger partial charge in [0.15, 0.2) is 16.1 Å². The third-order valence-electron chi connectivity index (χ3n) is 11.2. The molecule has 0 N–H and O–H groups in total. The molecule has 8 aromatic rings. The predicted octanol–water partition coefficient (Wildman–Crippen LogP) is 9.42. The summed E-state index contributed by atoms with van der Waals surface area (Å²) in [5.74, 6) is 0. The molecule has 56 heavy (non-hydrogen) atoms. The van der Waals surface area contributed by atoms with Crippen LogP contribution in [0.25, 0.3) is 23.3 Å². The van der Waals surface area contributed by atoms with E-state index in [1.165, 1.54) is 64.5 Å². The van der Waals surface area contributed by atoms with Crippen LogP contribution in [0.15, 0.2) is 230 Å². The SMILES string of the molecule is Cc1cc(/C=C/[Si](c2ccccc2)(c2ccccc2)c2ccccc2)ccc1-c1ccc(/C=C/[Si](c2ccccc2)(c2ccccc2)c2ccccc2)cc1C. The number of hydrogen-bond donors (Lipinski definition) is 0. The fourth-order valence-electron chi connectivity index (χ4n) is 8.41. The Kier molecular flexibility index (Phi) is 10.9. The Morgan fingerprint density at radius 2 is 0.518 bits per heavy atom. The molecule has 0 unspecified atom stereocenters. The van der Waals surface area contributed by atoms with Crippen LogP contribution in [0.5, 0.6) is 0 Å². The Labute approximate surface area is 334 Å². The van der Waals surface area contributed by atoms with Gasteiger partial charge in [0.05, 0.1) is 0 Å². The molecule has 0 aliphatic heterocycles. The van der Waals surface area contributed by atoms with E-state index >= 15 is 0 Å². The molecule has 0 saturated carbocycles. The minimum Gasteiger partial charge on any atom is -0.0812 e. The third kappa shape index (κ3) is 7.25. The molecule has 0 atom stereocenters. The molecule has 0 aliphatic rings. The summed E-state index contributed by atoms with van der Waals surface area (Å²) in [6, 6.07) is 80.3. The van der Waals surface area contributed by atoms with Crippen molar-refractivity contribution in [1.82, 2.24) is 0 Å². The first kappa shape index (κ1) is 36.6. The third-order valence-corrected chi connectivity index (χ3v) is 20.0. The second-order valence-electron chi connectivity index (χ2n) is 14.6. The number of rotatable bonds is 11. The minimum absolute atomic E-state index is 1.21. The lowest BCUT2D eigenvalue weighted by atomic mass is 9.94. The second kappa shape index (κ2) is 16.6. The molecule has 0 bridgehead atoms. The number of hydrogen-bond acceptors (Lipinski definition) is 0. The van der Waals surface area contributed by atoms with Crippen molar-refractivity contribution in [3.8, 4) is 11.1 Å². The van der Waals surface area contributed by atoms with Crippen LogP contribution in [0, 0.1) is 13.8 Å². The average molecular weight is 751 g/mol. The van der Waals surface area contributed by atoms with Gasteiger partial charge in [-0.3, -0.25) is 0 Å². The normalized spacial score (nSPS) is 12.0. The Morgan fingerprint density at radius 1 is 0.286 bits per heavy atom. The van der Waals surface area contributed by atoms with Crippen molar-refractivity contribution in [2.45, 2.75) is 13.8 Å². The smallest absolute Gasteiger partial charge is 0.0812 e. The summed E-state index contributed by atoms with van der Waals surface area (Å²) in [5.41, 5.74) is 12.6. The van der Waals surface area contributed by atoms with Crippen LogP contribution in [0.4, 0.5) is 0 Å². The number of benzene rings is 8. The molecular weight excluding hydrogens is 705 g/mol. The largest absolute Gasteiger partial charge is 0.172 e. The van der Waals surface area contributed by atoms with Crippen molar-refractivity contribution >= 4 is 59.4 Å². The van der Waals surface area contributed by atoms with E-state index < -0.39 is 16.1 Å². The van der Waals surface area contributed by atoms with Gasteiger partial charge < -0.3 is 0 Å². The molecule has 8 aromatic carbocycles. The van der Waals surface area contributed by atoms with Crippen molar-refractivity contribution in [1.29, 1.82) is 0 Å². The zero-order valence-electron chi connectivity index (χ0n) is 32.1. The van der Waals surface area contributed by atoms with E-state index in [0.717, 1.165) is 0 Å². The van der Waals surface area contributed by atoms with Gasteiger partial charge in [0.2, 0.25) is 0 Å². The van der Waals surface area contributed by atoms with Gasteiger partial charge in [-0.25, -0.2) is 0 Å². The molecule has 2 heteroatoms. The Bertz CT molecular complexity index is 2180. The van der Waals surface area contributed by atoms with Gasteiger partial charge in [-0.2, -0.15) is 0 Å². The van der Waals surface area contributed by atoms with Crippen molar-refractivity contribution in [3.63, 3.8) is 0 Å². The first-order valence-corrected chi connectivity index (χ1v) is 23.7. The number of aryl methyl sites for hydroxylation is 2. The van der Waals surface area contributed by atoms with E-state index in [0.29, 0.717) is 0 Å². The van der Waals surface area contributed by atoms with Gasteiger partial charge >= 0.3 is 0 Å². The van der Waals surface area contributed by atoms with E-state index in [4.69, 9.17) is 0 Å². The molecule has 0 fully saturated rings. The molecular formula is C54H46Si2. The maximum atomic E-state index is 2.53. The quantitative estimate of drug-likeness (QED) is 0.0914. The van der Waals surface area contributed by atoms with Crippen LogP contribution >= 0.6 is 0 Å². The van der Waals surface area contributed by atoms with Crippen LogP contribution in [-0.2, 0) is 0 Å². The fourth-order valence-corrected chi connectivity index (χ4v) is 16.8. The molecule has 0 saturated heterocycles. The summed E-state index contributed by atoms with van der Waals surface area (Å²) in [6.07, 6.45) is 4.72. The van der Waals surface area contributed by atoms with Gasteiger partial charge in [-0.15, -0.1) is 0 Å². The molecule has 0 nitrogen and oxygen atoms in total. The highest BCUT2D eigenvalue weighted by atomic mass is 28.3. The fraction of sp³-hybridized carbons (Fsp3) is 0.0370. The molecule has 0 heterocycles. The Hall–Kier alpha value is -6.33. The minimum atomic E-state index is -2.49. The lowest BCUT2D eigenvalue weighted by molar-refractivity contribution is 1.40. The molecule has 0 radical (unpaired) electrons. The van der Waals surface area contributed by atoms with E-state index in [-0.39, 0.29) is 0 Å². The van der Waals surface area contributed by atoms with Gasteiger partial charge in [-0.05, 0) is 78.3 Å². The van der Waals surface area contributed by atoms with E-state index in [1.54, 1.807) is 0 Å². The van der Waals surface area contributed by atoms with Crippen molar-refractivity contribution in [2.24, 2.45) is 0 Å². The highest BCUT2D eigenvalue weighted by Gasteiger charge is 2.38.